The molecule has 0 aliphatic heterocycles. The first kappa shape index (κ1) is 15.1. The Morgan fingerprint density at radius 2 is 1.46 bits per heavy atom. The molecular weight excluding hydrogens is 338 g/mol. The maximum atomic E-state index is 6.25. The SMILES string of the molecule is c1ccc(-c2cc3cc(-c4cccs4)nc(-c4ccccc4)c3o2)cc1. The molecule has 0 N–H and O–H groups in total. The summed E-state index contributed by atoms with van der Waals surface area (Å²) in [7, 11) is 0. The largest absolute Gasteiger partial charge is 0.454 e. The Bertz CT molecular complexity index is 1160. The lowest BCUT2D eigenvalue weighted by Crippen LogP contribution is -1.87. The van der Waals surface area contributed by atoms with E-state index in [0.717, 1.165) is 44.1 Å². The van der Waals surface area contributed by atoms with Gasteiger partial charge in [0.05, 0.1) is 10.6 Å². The van der Waals surface area contributed by atoms with Crippen molar-refractivity contribution in [3.63, 3.8) is 0 Å². The zero-order chi connectivity index (χ0) is 17.3. The summed E-state index contributed by atoms with van der Waals surface area (Å²) < 4.78 is 6.25. The van der Waals surface area contributed by atoms with E-state index in [-0.39, 0.29) is 0 Å². The molecule has 5 rings (SSSR count). The summed E-state index contributed by atoms with van der Waals surface area (Å²) in [5.74, 6) is 0.864. The van der Waals surface area contributed by atoms with Crippen molar-refractivity contribution in [1.29, 1.82) is 0 Å². The van der Waals surface area contributed by atoms with Crippen LogP contribution in [0.4, 0.5) is 0 Å². The number of furan rings is 1. The molecule has 3 heterocycles. The Labute approximate surface area is 155 Å². The molecule has 0 atom stereocenters. The van der Waals surface area contributed by atoms with Gasteiger partial charge in [-0.2, -0.15) is 0 Å². The van der Waals surface area contributed by atoms with Gasteiger partial charge in [-0.05, 0) is 23.6 Å². The summed E-state index contributed by atoms with van der Waals surface area (Å²) in [5, 5.41) is 3.15. The molecule has 0 amide bonds. The van der Waals surface area contributed by atoms with Crippen molar-refractivity contribution >= 4 is 22.3 Å². The highest BCUT2D eigenvalue weighted by molar-refractivity contribution is 7.13. The first-order valence-corrected chi connectivity index (χ1v) is 9.36. The third-order valence-corrected chi connectivity index (χ3v) is 5.27. The molecule has 0 unspecified atom stereocenters. The van der Waals surface area contributed by atoms with Crippen molar-refractivity contribution in [3.05, 3.63) is 90.3 Å². The van der Waals surface area contributed by atoms with Crippen LogP contribution in [0.25, 0.3) is 44.1 Å². The van der Waals surface area contributed by atoms with Gasteiger partial charge < -0.3 is 4.42 Å². The fraction of sp³-hybridized carbons (Fsp3) is 0. The van der Waals surface area contributed by atoms with Gasteiger partial charge in [0.15, 0.2) is 5.58 Å². The van der Waals surface area contributed by atoms with Crippen LogP contribution in [-0.4, -0.2) is 4.98 Å². The van der Waals surface area contributed by atoms with Gasteiger partial charge >= 0.3 is 0 Å². The Morgan fingerprint density at radius 1 is 0.731 bits per heavy atom. The number of aromatic nitrogens is 1. The topological polar surface area (TPSA) is 26.0 Å². The van der Waals surface area contributed by atoms with Crippen molar-refractivity contribution in [2.45, 2.75) is 0 Å². The number of hydrogen-bond acceptors (Lipinski definition) is 3. The Kier molecular flexibility index (Phi) is 3.65. The second-order valence-corrected chi connectivity index (χ2v) is 7.04. The summed E-state index contributed by atoms with van der Waals surface area (Å²) in [6, 6.07) is 28.8. The molecule has 2 nitrogen and oxygen atoms in total. The fourth-order valence-electron chi connectivity index (χ4n) is 3.14. The molecule has 0 aliphatic rings. The highest BCUT2D eigenvalue weighted by atomic mass is 32.1. The normalized spacial score (nSPS) is 11.1. The molecule has 124 valence electrons. The third-order valence-electron chi connectivity index (χ3n) is 4.38. The van der Waals surface area contributed by atoms with Gasteiger partial charge in [0.25, 0.3) is 0 Å². The van der Waals surface area contributed by atoms with Crippen LogP contribution in [0, 0.1) is 0 Å². The zero-order valence-corrected chi connectivity index (χ0v) is 14.7. The van der Waals surface area contributed by atoms with E-state index in [1.165, 1.54) is 0 Å². The molecule has 26 heavy (non-hydrogen) atoms. The average molecular weight is 353 g/mol. The highest BCUT2D eigenvalue weighted by Gasteiger charge is 2.15. The molecule has 0 saturated heterocycles. The van der Waals surface area contributed by atoms with E-state index in [4.69, 9.17) is 9.40 Å². The lowest BCUT2D eigenvalue weighted by atomic mass is 10.1. The summed E-state index contributed by atoms with van der Waals surface area (Å²) in [5.41, 5.74) is 4.82. The smallest absolute Gasteiger partial charge is 0.161 e. The lowest BCUT2D eigenvalue weighted by molar-refractivity contribution is 0.631. The van der Waals surface area contributed by atoms with Crippen LogP contribution in [-0.2, 0) is 0 Å². The Morgan fingerprint density at radius 3 is 2.15 bits per heavy atom. The minimum absolute atomic E-state index is 0.829. The lowest BCUT2D eigenvalue weighted by Gasteiger charge is -2.05. The van der Waals surface area contributed by atoms with Crippen LogP contribution < -0.4 is 0 Å². The maximum Gasteiger partial charge on any atom is 0.161 e. The second kappa shape index (κ2) is 6.28. The first-order chi connectivity index (χ1) is 12.9. The van der Waals surface area contributed by atoms with Crippen LogP contribution in [0.5, 0.6) is 0 Å². The maximum absolute atomic E-state index is 6.25. The van der Waals surface area contributed by atoms with Gasteiger partial charge in [-0.1, -0.05) is 66.7 Å². The molecule has 0 saturated carbocycles. The molecule has 0 aliphatic carbocycles. The van der Waals surface area contributed by atoms with E-state index in [0.29, 0.717) is 0 Å². The number of fused-ring (bicyclic) bond motifs is 1. The number of benzene rings is 2. The number of hydrogen-bond donors (Lipinski definition) is 0. The van der Waals surface area contributed by atoms with Gasteiger partial charge in [0.1, 0.15) is 11.5 Å². The number of rotatable bonds is 3. The molecular formula is C23H15NOS. The van der Waals surface area contributed by atoms with Crippen molar-refractivity contribution in [3.8, 4) is 33.2 Å². The Hall–Kier alpha value is -3.17. The molecule has 3 aromatic heterocycles. The van der Waals surface area contributed by atoms with Crippen molar-refractivity contribution in [1.82, 2.24) is 4.98 Å². The van der Waals surface area contributed by atoms with Crippen molar-refractivity contribution in [2.24, 2.45) is 0 Å². The van der Waals surface area contributed by atoms with Crippen LogP contribution in [0.2, 0.25) is 0 Å². The number of pyridine rings is 1. The minimum Gasteiger partial charge on any atom is -0.454 e. The van der Waals surface area contributed by atoms with E-state index in [9.17, 15) is 0 Å². The standard InChI is InChI=1S/C23H15NOS/c1-3-8-16(9-4-1)20-15-18-14-19(21-12-7-13-26-21)24-22(23(18)25-20)17-10-5-2-6-11-17/h1-15H. The zero-order valence-electron chi connectivity index (χ0n) is 13.9. The predicted octanol–water partition coefficient (Wildman–Crippen LogP) is 6.89. The van der Waals surface area contributed by atoms with Crippen LogP contribution in [0.1, 0.15) is 0 Å². The highest BCUT2D eigenvalue weighted by Crippen LogP contribution is 2.36. The summed E-state index contributed by atoms with van der Waals surface area (Å²) in [4.78, 5) is 6.10. The number of thiophene rings is 1. The van der Waals surface area contributed by atoms with Crippen LogP contribution in [0.3, 0.4) is 0 Å². The van der Waals surface area contributed by atoms with Crippen molar-refractivity contribution < 1.29 is 4.42 Å². The molecule has 0 fully saturated rings. The van der Waals surface area contributed by atoms with E-state index in [2.05, 4.69) is 53.9 Å². The molecule has 3 heteroatoms. The molecule has 0 bridgehead atoms. The van der Waals surface area contributed by atoms with Gasteiger partial charge in [-0.3, -0.25) is 0 Å². The van der Waals surface area contributed by atoms with Crippen LogP contribution >= 0.6 is 11.3 Å². The average Bonchev–Trinajstić information content (AvgIpc) is 3.38. The molecule has 0 spiro atoms. The summed E-state index contributed by atoms with van der Waals surface area (Å²) in [6.45, 7) is 0. The van der Waals surface area contributed by atoms with Gasteiger partial charge in [-0.15, -0.1) is 11.3 Å². The molecule has 5 aromatic rings. The van der Waals surface area contributed by atoms with E-state index >= 15 is 0 Å². The third kappa shape index (κ3) is 2.63. The quantitative estimate of drug-likeness (QED) is 0.353. The van der Waals surface area contributed by atoms with Crippen LogP contribution in [0.15, 0.2) is 94.7 Å². The summed E-state index contributed by atoms with van der Waals surface area (Å²) >= 11 is 1.70. The van der Waals surface area contributed by atoms with E-state index < -0.39 is 0 Å². The fourth-order valence-corrected chi connectivity index (χ4v) is 3.82. The summed E-state index contributed by atoms with van der Waals surface area (Å²) in [6.07, 6.45) is 0. The van der Waals surface area contributed by atoms with Gasteiger partial charge in [0, 0.05) is 16.5 Å². The molecule has 2 aromatic carbocycles. The minimum atomic E-state index is 0.829. The Balaban J connectivity index is 1.78. The first-order valence-electron chi connectivity index (χ1n) is 8.48. The monoisotopic (exact) mass is 353 g/mol. The second-order valence-electron chi connectivity index (χ2n) is 6.09. The predicted molar refractivity (Wildman–Crippen MR) is 108 cm³/mol. The van der Waals surface area contributed by atoms with Gasteiger partial charge in [0.2, 0.25) is 0 Å². The van der Waals surface area contributed by atoms with Gasteiger partial charge in [-0.25, -0.2) is 4.98 Å². The van der Waals surface area contributed by atoms with Crippen molar-refractivity contribution in [2.75, 3.05) is 0 Å². The molecule has 0 radical (unpaired) electrons. The number of nitrogens with zero attached hydrogens (tertiary/aromatic N) is 1. The van der Waals surface area contributed by atoms with E-state index in [1.54, 1.807) is 11.3 Å². The van der Waals surface area contributed by atoms with E-state index in [1.807, 2.05) is 36.4 Å².